The molecule has 0 radical (unpaired) electrons. The zero-order valence-electron chi connectivity index (χ0n) is 11.6. The van der Waals surface area contributed by atoms with Crippen LogP contribution in [-0.4, -0.2) is 22.2 Å². The van der Waals surface area contributed by atoms with Gasteiger partial charge < -0.3 is 5.32 Å². The molecule has 0 saturated carbocycles. The lowest BCUT2D eigenvalue weighted by Crippen LogP contribution is -2.32. The van der Waals surface area contributed by atoms with Crippen LogP contribution in [-0.2, 0) is 6.54 Å². The van der Waals surface area contributed by atoms with Gasteiger partial charge in [-0.1, -0.05) is 17.7 Å². The van der Waals surface area contributed by atoms with Crippen LogP contribution in [0.2, 0.25) is 0 Å². The van der Waals surface area contributed by atoms with Gasteiger partial charge in [0.2, 0.25) is 0 Å². The van der Waals surface area contributed by atoms with Gasteiger partial charge in [-0.05, 0) is 32.0 Å². The average Bonchev–Trinajstić information content (AvgIpc) is 2.42. The molecule has 0 atom stereocenters. The zero-order chi connectivity index (χ0) is 14.5. The van der Waals surface area contributed by atoms with Crippen molar-refractivity contribution in [3.05, 3.63) is 63.6 Å². The molecule has 2 rings (SSSR count). The fourth-order valence-corrected chi connectivity index (χ4v) is 1.87. The monoisotopic (exact) mass is 271 g/mol. The van der Waals surface area contributed by atoms with Crippen molar-refractivity contribution in [3.63, 3.8) is 0 Å². The molecule has 1 amide bonds. The Hall–Kier alpha value is -2.43. The second-order valence-corrected chi connectivity index (χ2v) is 4.66. The van der Waals surface area contributed by atoms with E-state index < -0.39 is 0 Å². The number of rotatable bonds is 4. The molecule has 104 valence electrons. The molecule has 20 heavy (non-hydrogen) atoms. The molecule has 0 fully saturated rings. The number of benzene rings is 1. The Morgan fingerprint density at radius 1 is 1.25 bits per heavy atom. The van der Waals surface area contributed by atoms with Crippen LogP contribution in [0.4, 0.5) is 0 Å². The first-order valence-electron chi connectivity index (χ1n) is 6.46. The van der Waals surface area contributed by atoms with Crippen molar-refractivity contribution < 1.29 is 4.79 Å². The van der Waals surface area contributed by atoms with E-state index in [9.17, 15) is 9.59 Å². The Morgan fingerprint density at radius 3 is 2.80 bits per heavy atom. The lowest BCUT2D eigenvalue weighted by Gasteiger charge is -2.07. The summed E-state index contributed by atoms with van der Waals surface area (Å²) < 4.78 is 1.35. The highest BCUT2D eigenvalue weighted by molar-refractivity contribution is 5.94. The number of nitrogens with zero attached hydrogens (tertiary/aromatic N) is 2. The van der Waals surface area contributed by atoms with Crippen molar-refractivity contribution >= 4 is 5.91 Å². The van der Waals surface area contributed by atoms with E-state index in [1.54, 1.807) is 12.1 Å². The van der Waals surface area contributed by atoms with Crippen molar-refractivity contribution in [1.82, 2.24) is 15.1 Å². The number of hydrogen-bond acceptors (Lipinski definition) is 3. The second-order valence-electron chi connectivity index (χ2n) is 4.66. The summed E-state index contributed by atoms with van der Waals surface area (Å²) in [5.74, 6) is -0.144. The minimum Gasteiger partial charge on any atom is -0.350 e. The third-order valence-electron chi connectivity index (χ3n) is 2.89. The van der Waals surface area contributed by atoms with Crippen molar-refractivity contribution in [3.8, 4) is 0 Å². The molecule has 0 spiro atoms. The van der Waals surface area contributed by atoms with Crippen molar-refractivity contribution in [2.45, 2.75) is 20.4 Å². The maximum atomic E-state index is 11.9. The average molecular weight is 271 g/mol. The number of aryl methyl sites for hydroxylation is 2. The smallest absolute Gasteiger partial charge is 0.266 e. The first kappa shape index (κ1) is 14.0. The number of amides is 1. The molecular formula is C15H17N3O2. The number of aromatic nitrogens is 2. The predicted octanol–water partition coefficient (Wildman–Crippen LogP) is 1.29. The van der Waals surface area contributed by atoms with E-state index in [0.717, 1.165) is 11.3 Å². The Labute approximate surface area is 117 Å². The molecule has 1 N–H and O–H groups in total. The van der Waals surface area contributed by atoms with E-state index in [1.165, 1.54) is 10.7 Å². The molecule has 0 aliphatic carbocycles. The van der Waals surface area contributed by atoms with Gasteiger partial charge in [0.1, 0.15) is 0 Å². The lowest BCUT2D eigenvalue weighted by molar-refractivity contribution is 0.0951. The molecule has 1 aromatic carbocycles. The van der Waals surface area contributed by atoms with Crippen molar-refractivity contribution in [2.24, 2.45) is 0 Å². The van der Waals surface area contributed by atoms with Gasteiger partial charge in [-0.2, -0.15) is 5.10 Å². The molecule has 0 saturated heterocycles. The highest BCUT2D eigenvalue weighted by atomic mass is 16.1. The van der Waals surface area contributed by atoms with Gasteiger partial charge in [0.15, 0.2) is 0 Å². The maximum Gasteiger partial charge on any atom is 0.266 e. The Kier molecular flexibility index (Phi) is 4.30. The minimum atomic E-state index is -0.166. The van der Waals surface area contributed by atoms with Gasteiger partial charge in [-0.3, -0.25) is 9.59 Å². The van der Waals surface area contributed by atoms with Crippen LogP contribution < -0.4 is 10.9 Å². The summed E-state index contributed by atoms with van der Waals surface area (Å²) >= 11 is 0. The number of carbonyl (C=O) groups is 1. The number of hydrogen-bond donors (Lipinski definition) is 1. The van der Waals surface area contributed by atoms with E-state index in [2.05, 4.69) is 10.4 Å². The molecule has 1 heterocycles. The predicted molar refractivity (Wildman–Crippen MR) is 76.7 cm³/mol. The summed E-state index contributed by atoms with van der Waals surface area (Å²) in [6.45, 7) is 4.48. The fraction of sp³-hybridized carbons (Fsp3) is 0.267. The number of nitrogens with one attached hydrogen (secondary N) is 1. The first-order chi connectivity index (χ1) is 9.56. The van der Waals surface area contributed by atoms with Crippen LogP contribution in [0.25, 0.3) is 0 Å². The van der Waals surface area contributed by atoms with E-state index in [0.29, 0.717) is 18.7 Å². The van der Waals surface area contributed by atoms with Gasteiger partial charge in [0, 0.05) is 18.2 Å². The minimum absolute atomic E-state index is 0.144. The normalized spacial score (nSPS) is 10.3. The van der Waals surface area contributed by atoms with Crippen LogP contribution in [0.5, 0.6) is 0 Å². The molecule has 5 heteroatoms. The number of carbonyl (C=O) groups excluding carboxylic acids is 1. The first-order valence-corrected chi connectivity index (χ1v) is 6.46. The highest BCUT2D eigenvalue weighted by Gasteiger charge is 2.05. The zero-order valence-corrected chi connectivity index (χ0v) is 11.6. The summed E-state index contributed by atoms with van der Waals surface area (Å²) in [5, 5.41) is 6.89. The van der Waals surface area contributed by atoms with Crippen LogP contribution in [0, 0.1) is 13.8 Å². The summed E-state index contributed by atoms with van der Waals surface area (Å²) in [5.41, 5.74) is 2.26. The summed E-state index contributed by atoms with van der Waals surface area (Å²) in [6.07, 6.45) is 0. The van der Waals surface area contributed by atoms with Gasteiger partial charge in [-0.25, -0.2) is 4.68 Å². The summed E-state index contributed by atoms with van der Waals surface area (Å²) in [7, 11) is 0. The van der Waals surface area contributed by atoms with E-state index >= 15 is 0 Å². The highest BCUT2D eigenvalue weighted by Crippen LogP contribution is 2.03. The van der Waals surface area contributed by atoms with E-state index in [-0.39, 0.29) is 11.5 Å². The van der Waals surface area contributed by atoms with Crippen LogP contribution in [0.3, 0.4) is 0 Å². The fourth-order valence-electron chi connectivity index (χ4n) is 1.87. The quantitative estimate of drug-likeness (QED) is 0.911. The lowest BCUT2D eigenvalue weighted by atomic mass is 10.1. The van der Waals surface area contributed by atoms with Crippen LogP contribution >= 0.6 is 0 Å². The molecule has 2 aromatic rings. The van der Waals surface area contributed by atoms with Crippen molar-refractivity contribution in [2.75, 3.05) is 6.54 Å². The molecule has 0 unspecified atom stereocenters. The van der Waals surface area contributed by atoms with E-state index in [1.807, 2.05) is 32.0 Å². The topological polar surface area (TPSA) is 64.0 Å². The SMILES string of the molecule is Cc1cccc(C(=O)NCCn2nc(C)ccc2=O)c1. The largest absolute Gasteiger partial charge is 0.350 e. The van der Waals surface area contributed by atoms with Gasteiger partial charge >= 0.3 is 0 Å². The summed E-state index contributed by atoms with van der Waals surface area (Å²) in [6, 6.07) is 10.5. The molecular weight excluding hydrogens is 254 g/mol. The molecule has 0 aliphatic heterocycles. The third-order valence-corrected chi connectivity index (χ3v) is 2.89. The Balaban J connectivity index is 1.94. The second kappa shape index (κ2) is 6.14. The van der Waals surface area contributed by atoms with Gasteiger partial charge in [0.25, 0.3) is 11.5 Å². The third kappa shape index (κ3) is 3.54. The molecule has 0 bridgehead atoms. The standard InChI is InChI=1S/C15H17N3O2/c1-11-4-3-5-13(10-11)15(20)16-8-9-18-14(19)7-6-12(2)17-18/h3-7,10H,8-9H2,1-2H3,(H,16,20). The molecule has 1 aromatic heterocycles. The molecule has 5 nitrogen and oxygen atoms in total. The van der Waals surface area contributed by atoms with E-state index in [4.69, 9.17) is 0 Å². The van der Waals surface area contributed by atoms with Gasteiger partial charge in [0.05, 0.1) is 12.2 Å². The van der Waals surface area contributed by atoms with Crippen molar-refractivity contribution in [1.29, 1.82) is 0 Å². The Bertz CT molecular complexity index is 677. The Morgan fingerprint density at radius 2 is 2.05 bits per heavy atom. The van der Waals surface area contributed by atoms with Gasteiger partial charge in [-0.15, -0.1) is 0 Å². The molecule has 0 aliphatic rings. The summed E-state index contributed by atoms with van der Waals surface area (Å²) in [4.78, 5) is 23.5. The maximum absolute atomic E-state index is 11.9. The van der Waals surface area contributed by atoms with Crippen LogP contribution in [0.15, 0.2) is 41.2 Å². The van der Waals surface area contributed by atoms with Crippen LogP contribution in [0.1, 0.15) is 21.6 Å².